The molecule has 1 heterocycles. The molecule has 1 amide bonds. The van der Waals surface area contributed by atoms with Crippen molar-refractivity contribution in [1.29, 1.82) is 0 Å². The van der Waals surface area contributed by atoms with E-state index in [-0.39, 0.29) is 24.0 Å². The van der Waals surface area contributed by atoms with Gasteiger partial charge in [-0.3, -0.25) is 4.79 Å². The molecule has 132 valence electrons. The Morgan fingerprint density at radius 1 is 1.00 bits per heavy atom. The minimum absolute atomic E-state index is 0.266. The Morgan fingerprint density at radius 2 is 1.77 bits per heavy atom. The maximum atomic E-state index is 13.6. The van der Waals surface area contributed by atoms with Crippen molar-refractivity contribution in [2.75, 3.05) is 11.9 Å². The van der Waals surface area contributed by atoms with Gasteiger partial charge in [-0.05, 0) is 18.1 Å². The predicted molar refractivity (Wildman–Crippen MR) is 98.2 cm³/mol. The molecule has 0 aliphatic rings. The largest absolute Gasteiger partial charge is 0.366 e. The third kappa shape index (κ3) is 4.86. The van der Waals surface area contributed by atoms with Crippen molar-refractivity contribution in [3.8, 4) is 0 Å². The first-order valence-electron chi connectivity index (χ1n) is 8.34. The van der Waals surface area contributed by atoms with E-state index in [1.807, 2.05) is 30.3 Å². The molecule has 0 spiro atoms. The molecule has 0 atom stereocenters. The van der Waals surface area contributed by atoms with Gasteiger partial charge in [-0.25, -0.2) is 14.4 Å². The van der Waals surface area contributed by atoms with Crippen LogP contribution in [0.3, 0.4) is 0 Å². The summed E-state index contributed by atoms with van der Waals surface area (Å²) < 4.78 is 13.6. The number of rotatable bonds is 7. The van der Waals surface area contributed by atoms with E-state index in [2.05, 4.69) is 20.6 Å². The fraction of sp³-hybridized carbons (Fsp3) is 0.150. The normalized spacial score (nSPS) is 10.3. The highest BCUT2D eigenvalue weighted by molar-refractivity contribution is 5.92. The highest BCUT2D eigenvalue weighted by atomic mass is 19.1. The van der Waals surface area contributed by atoms with Crippen LogP contribution >= 0.6 is 0 Å². The zero-order valence-electron chi connectivity index (χ0n) is 14.2. The van der Waals surface area contributed by atoms with E-state index in [1.165, 1.54) is 12.4 Å². The van der Waals surface area contributed by atoms with E-state index in [0.29, 0.717) is 17.9 Å². The van der Waals surface area contributed by atoms with Gasteiger partial charge in [0, 0.05) is 24.7 Å². The van der Waals surface area contributed by atoms with Crippen LogP contribution in [-0.2, 0) is 13.0 Å². The number of nitrogens with zero attached hydrogens (tertiary/aromatic N) is 2. The van der Waals surface area contributed by atoms with E-state index in [9.17, 15) is 9.18 Å². The summed E-state index contributed by atoms with van der Waals surface area (Å²) in [7, 11) is 0. The number of halogens is 1. The highest BCUT2D eigenvalue weighted by Crippen LogP contribution is 2.10. The summed E-state index contributed by atoms with van der Waals surface area (Å²) >= 11 is 0. The van der Waals surface area contributed by atoms with Crippen molar-refractivity contribution in [2.45, 2.75) is 13.0 Å². The Labute approximate surface area is 151 Å². The van der Waals surface area contributed by atoms with E-state index in [0.717, 1.165) is 12.0 Å². The van der Waals surface area contributed by atoms with Gasteiger partial charge in [0.2, 0.25) is 0 Å². The molecule has 0 saturated carbocycles. The molecule has 2 N–H and O–H groups in total. The van der Waals surface area contributed by atoms with Gasteiger partial charge in [0.05, 0.1) is 0 Å². The average Bonchev–Trinajstić information content (AvgIpc) is 2.68. The molecule has 0 bridgehead atoms. The van der Waals surface area contributed by atoms with Crippen LogP contribution in [0.25, 0.3) is 0 Å². The third-order valence-corrected chi connectivity index (χ3v) is 3.86. The molecule has 0 unspecified atom stereocenters. The molecule has 5 nitrogen and oxygen atoms in total. The number of benzene rings is 2. The first-order chi connectivity index (χ1) is 12.7. The van der Waals surface area contributed by atoms with Gasteiger partial charge in [-0.15, -0.1) is 0 Å². The second kappa shape index (κ2) is 8.71. The SMILES string of the molecule is O=C(NCCc1ccccc1)c1cc(NCc2ccccc2F)ncn1. The summed E-state index contributed by atoms with van der Waals surface area (Å²) in [6, 6.07) is 18.0. The molecule has 0 fully saturated rings. The van der Waals surface area contributed by atoms with Crippen LogP contribution < -0.4 is 10.6 Å². The number of amides is 1. The second-order valence-corrected chi connectivity index (χ2v) is 5.72. The first-order valence-corrected chi connectivity index (χ1v) is 8.34. The topological polar surface area (TPSA) is 66.9 Å². The first kappa shape index (κ1) is 17.5. The smallest absolute Gasteiger partial charge is 0.270 e. The van der Waals surface area contributed by atoms with Crippen LogP contribution in [0.15, 0.2) is 67.0 Å². The average molecular weight is 350 g/mol. The number of hydrogen-bond donors (Lipinski definition) is 2. The minimum atomic E-state index is -0.284. The van der Waals surface area contributed by atoms with Crippen molar-refractivity contribution in [3.05, 3.63) is 89.6 Å². The number of aromatic nitrogens is 2. The van der Waals surface area contributed by atoms with E-state index >= 15 is 0 Å². The minimum Gasteiger partial charge on any atom is -0.366 e. The number of hydrogen-bond acceptors (Lipinski definition) is 4. The summed E-state index contributed by atoms with van der Waals surface area (Å²) in [5.41, 5.74) is 1.95. The summed E-state index contributed by atoms with van der Waals surface area (Å²) in [6.07, 6.45) is 2.06. The molecule has 0 aliphatic heterocycles. The fourth-order valence-corrected chi connectivity index (χ4v) is 2.46. The summed E-state index contributed by atoms with van der Waals surface area (Å²) in [5.74, 6) is -0.0818. The van der Waals surface area contributed by atoms with E-state index in [4.69, 9.17) is 0 Å². The van der Waals surface area contributed by atoms with Gasteiger partial charge in [0.15, 0.2) is 0 Å². The molecule has 0 saturated heterocycles. The molecular weight excluding hydrogens is 331 g/mol. The summed E-state index contributed by atoms with van der Waals surface area (Å²) in [5, 5.41) is 5.85. The Hall–Kier alpha value is -3.28. The van der Waals surface area contributed by atoms with E-state index in [1.54, 1.807) is 24.3 Å². The lowest BCUT2D eigenvalue weighted by molar-refractivity contribution is 0.0949. The van der Waals surface area contributed by atoms with Crippen LogP contribution in [0.4, 0.5) is 10.2 Å². The fourth-order valence-electron chi connectivity index (χ4n) is 2.46. The van der Waals surface area contributed by atoms with Crippen molar-refractivity contribution >= 4 is 11.7 Å². The van der Waals surface area contributed by atoms with Crippen molar-refractivity contribution < 1.29 is 9.18 Å². The van der Waals surface area contributed by atoms with Gasteiger partial charge in [-0.2, -0.15) is 0 Å². The zero-order valence-corrected chi connectivity index (χ0v) is 14.2. The van der Waals surface area contributed by atoms with E-state index < -0.39 is 0 Å². The standard InChI is InChI=1S/C20H19FN4O/c21-17-9-5-4-8-16(17)13-23-19-12-18(24-14-25-19)20(26)22-11-10-15-6-2-1-3-7-15/h1-9,12,14H,10-11,13H2,(H,22,26)(H,23,24,25). The van der Waals surface area contributed by atoms with Crippen LogP contribution in [0.2, 0.25) is 0 Å². The van der Waals surface area contributed by atoms with Gasteiger partial charge in [0.1, 0.15) is 23.7 Å². The molecule has 2 aromatic carbocycles. The maximum absolute atomic E-state index is 13.6. The van der Waals surface area contributed by atoms with Gasteiger partial charge in [-0.1, -0.05) is 48.5 Å². The molecule has 6 heteroatoms. The number of carbonyl (C=O) groups excluding carboxylic acids is 1. The molecule has 0 radical (unpaired) electrons. The lowest BCUT2D eigenvalue weighted by Crippen LogP contribution is -2.26. The maximum Gasteiger partial charge on any atom is 0.270 e. The van der Waals surface area contributed by atoms with Crippen LogP contribution in [0.5, 0.6) is 0 Å². The number of carbonyl (C=O) groups is 1. The number of nitrogens with one attached hydrogen (secondary N) is 2. The van der Waals surface area contributed by atoms with Crippen molar-refractivity contribution in [3.63, 3.8) is 0 Å². The van der Waals surface area contributed by atoms with Crippen LogP contribution in [0.1, 0.15) is 21.6 Å². The molecule has 3 aromatic rings. The number of anilines is 1. The second-order valence-electron chi connectivity index (χ2n) is 5.72. The summed E-state index contributed by atoms with van der Waals surface area (Å²) in [6.45, 7) is 0.795. The molecule has 1 aromatic heterocycles. The Bertz CT molecular complexity index is 870. The summed E-state index contributed by atoms with van der Waals surface area (Å²) in [4.78, 5) is 20.3. The quantitative estimate of drug-likeness (QED) is 0.687. The Morgan fingerprint density at radius 3 is 2.58 bits per heavy atom. The lowest BCUT2D eigenvalue weighted by atomic mass is 10.1. The van der Waals surface area contributed by atoms with Gasteiger partial charge >= 0.3 is 0 Å². The molecule has 0 aliphatic carbocycles. The van der Waals surface area contributed by atoms with Gasteiger partial charge < -0.3 is 10.6 Å². The van der Waals surface area contributed by atoms with Crippen molar-refractivity contribution in [1.82, 2.24) is 15.3 Å². The zero-order chi connectivity index (χ0) is 18.2. The van der Waals surface area contributed by atoms with Crippen LogP contribution in [-0.4, -0.2) is 22.4 Å². The molecular formula is C20H19FN4O. The predicted octanol–water partition coefficient (Wildman–Crippen LogP) is 3.20. The third-order valence-electron chi connectivity index (χ3n) is 3.86. The Kier molecular flexibility index (Phi) is 5.88. The van der Waals surface area contributed by atoms with Gasteiger partial charge in [0.25, 0.3) is 5.91 Å². The van der Waals surface area contributed by atoms with Crippen LogP contribution in [0, 0.1) is 5.82 Å². The highest BCUT2D eigenvalue weighted by Gasteiger charge is 2.09. The molecule has 3 rings (SSSR count). The monoisotopic (exact) mass is 350 g/mol. The van der Waals surface area contributed by atoms with Crippen molar-refractivity contribution in [2.24, 2.45) is 0 Å². The lowest BCUT2D eigenvalue weighted by Gasteiger charge is -2.08. The molecule has 26 heavy (non-hydrogen) atoms. The Balaban J connectivity index is 1.54.